The average molecular weight is 444 g/mol. The molecule has 0 aliphatic rings. The number of rotatable bonds is 5. The Bertz CT molecular complexity index is 832. The van der Waals surface area contributed by atoms with Crippen molar-refractivity contribution in [2.45, 2.75) is 6.73 Å². The van der Waals surface area contributed by atoms with E-state index in [0.717, 1.165) is 3.57 Å². The Hall–Kier alpha value is -2.07. The summed E-state index contributed by atoms with van der Waals surface area (Å²) < 4.78 is 7.88. The number of aromatic amines is 1. The second-order valence-corrected chi connectivity index (χ2v) is 6.14. The maximum Gasteiger partial charge on any atom is 0.274 e. The molecule has 9 heteroatoms. The predicted molar refractivity (Wildman–Crippen MR) is 93.6 cm³/mol. The molecule has 0 aliphatic carbocycles. The van der Waals surface area contributed by atoms with Gasteiger partial charge in [0.05, 0.1) is 27.8 Å². The minimum atomic E-state index is -0.276. The van der Waals surface area contributed by atoms with Gasteiger partial charge in [0.2, 0.25) is 0 Å². The van der Waals surface area contributed by atoms with Crippen LogP contribution in [0.25, 0.3) is 0 Å². The summed E-state index contributed by atoms with van der Waals surface area (Å²) in [6.07, 6.45) is 4.80. The number of nitrogens with zero attached hydrogens (tertiary/aromatic N) is 3. The topological polar surface area (TPSA) is 84.8 Å². The van der Waals surface area contributed by atoms with E-state index < -0.39 is 0 Å². The maximum absolute atomic E-state index is 12.1. The normalized spacial score (nSPS) is 10.5. The van der Waals surface area contributed by atoms with Gasteiger partial charge in [-0.05, 0) is 40.8 Å². The van der Waals surface area contributed by atoms with Gasteiger partial charge < -0.3 is 10.1 Å². The molecular formula is C14H11ClIN5O2. The first-order chi connectivity index (χ1) is 11.1. The van der Waals surface area contributed by atoms with Gasteiger partial charge in [-0.1, -0.05) is 17.7 Å². The molecule has 2 aromatic heterocycles. The molecule has 7 nitrogen and oxygen atoms in total. The first-order valence-corrected chi connectivity index (χ1v) is 7.98. The number of aromatic nitrogens is 4. The molecule has 3 aromatic rings. The highest BCUT2D eigenvalue weighted by Gasteiger charge is 2.13. The van der Waals surface area contributed by atoms with E-state index in [9.17, 15) is 4.79 Å². The highest BCUT2D eigenvalue weighted by atomic mass is 127. The van der Waals surface area contributed by atoms with Crippen molar-refractivity contribution in [3.8, 4) is 5.75 Å². The Morgan fingerprint density at radius 3 is 3.04 bits per heavy atom. The average Bonchev–Trinajstić information content (AvgIpc) is 3.14. The Kier molecular flexibility index (Phi) is 4.82. The molecule has 2 N–H and O–H groups in total. The van der Waals surface area contributed by atoms with E-state index in [1.165, 1.54) is 0 Å². The van der Waals surface area contributed by atoms with Crippen molar-refractivity contribution in [2.75, 3.05) is 5.32 Å². The van der Waals surface area contributed by atoms with E-state index in [4.69, 9.17) is 16.3 Å². The first-order valence-electron chi connectivity index (χ1n) is 6.53. The number of amides is 1. The molecular weight excluding hydrogens is 433 g/mol. The van der Waals surface area contributed by atoms with Gasteiger partial charge in [0.1, 0.15) is 11.4 Å². The van der Waals surface area contributed by atoms with Gasteiger partial charge in [0.15, 0.2) is 6.73 Å². The van der Waals surface area contributed by atoms with Crippen molar-refractivity contribution in [3.05, 3.63) is 57.1 Å². The summed E-state index contributed by atoms with van der Waals surface area (Å²) in [6.45, 7) is 0.206. The molecule has 1 aromatic carbocycles. The molecule has 118 valence electrons. The second-order valence-electron chi connectivity index (χ2n) is 4.55. The summed E-state index contributed by atoms with van der Waals surface area (Å²) >= 11 is 7.93. The highest BCUT2D eigenvalue weighted by molar-refractivity contribution is 14.1. The van der Waals surface area contributed by atoms with E-state index in [2.05, 4.69) is 20.6 Å². The SMILES string of the molecule is O=C(Nc1cnn(COc2cccc(Cl)c2)c1)c1[nH]ncc1I. The largest absolute Gasteiger partial charge is 0.471 e. The van der Waals surface area contributed by atoms with Gasteiger partial charge in [-0.3, -0.25) is 9.89 Å². The number of hydrogen-bond donors (Lipinski definition) is 2. The zero-order valence-corrected chi connectivity index (χ0v) is 14.6. The molecule has 0 fully saturated rings. The molecule has 0 atom stereocenters. The first kappa shape index (κ1) is 15.8. The van der Waals surface area contributed by atoms with Crippen LogP contribution < -0.4 is 10.1 Å². The lowest BCUT2D eigenvalue weighted by atomic mass is 10.3. The number of carbonyl (C=O) groups is 1. The minimum absolute atomic E-state index is 0.206. The molecule has 0 saturated heterocycles. The molecule has 23 heavy (non-hydrogen) atoms. The lowest BCUT2D eigenvalue weighted by Crippen LogP contribution is -2.13. The molecule has 0 unspecified atom stereocenters. The number of carbonyl (C=O) groups excluding carboxylic acids is 1. The Morgan fingerprint density at radius 2 is 2.30 bits per heavy atom. The fourth-order valence-corrected chi connectivity index (χ4v) is 2.51. The highest BCUT2D eigenvalue weighted by Crippen LogP contribution is 2.18. The van der Waals surface area contributed by atoms with E-state index in [-0.39, 0.29) is 12.6 Å². The van der Waals surface area contributed by atoms with E-state index in [1.54, 1.807) is 47.5 Å². The number of nitrogens with one attached hydrogen (secondary N) is 2. The molecule has 0 aliphatic heterocycles. The third kappa shape index (κ3) is 4.02. The Labute approximate surface area is 150 Å². The Balaban J connectivity index is 1.60. The van der Waals surface area contributed by atoms with Gasteiger partial charge in [0, 0.05) is 5.02 Å². The molecule has 1 amide bonds. The van der Waals surface area contributed by atoms with Crippen LogP contribution in [0.5, 0.6) is 5.75 Å². The van der Waals surface area contributed by atoms with Gasteiger partial charge in [-0.2, -0.15) is 10.2 Å². The van der Waals surface area contributed by atoms with Gasteiger partial charge in [-0.25, -0.2) is 4.68 Å². The number of H-pyrrole nitrogens is 1. The van der Waals surface area contributed by atoms with Crippen LogP contribution in [-0.2, 0) is 6.73 Å². The lowest BCUT2D eigenvalue weighted by Gasteiger charge is -2.06. The van der Waals surface area contributed by atoms with Crippen molar-refractivity contribution in [1.29, 1.82) is 0 Å². The smallest absolute Gasteiger partial charge is 0.274 e. The standard InChI is InChI=1S/C14H11ClIN5O2/c15-9-2-1-3-11(4-9)23-8-21-7-10(5-18-21)19-14(22)13-12(16)6-17-20-13/h1-7H,8H2,(H,17,20)(H,19,22). The fourth-order valence-electron chi connectivity index (χ4n) is 1.82. The quantitative estimate of drug-likeness (QED) is 0.593. The van der Waals surface area contributed by atoms with Crippen LogP contribution in [0.4, 0.5) is 5.69 Å². The van der Waals surface area contributed by atoms with Gasteiger partial charge >= 0.3 is 0 Å². The van der Waals surface area contributed by atoms with Crippen LogP contribution in [0, 0.1) is 3.57 Å². The number of halogens is 2. The molecule has 0 saturated carbocycles. The van der Waals surface area contributed by atoms with Crippen molar-refractivity contribution in [3.63, 3.8) is 0 Å². The third-order valence-electron chi connectivity index (χ3n) is 2.87. The van der Waals surface area contributed by atoms with Crippen molar-refractivity contribution in [2.24, 2.45) is 0 Å². The summed E-state index contributed by atoms with van der Waals surface area (Å²) in [5, 5.41) is 13.9. The van der Waals surface area contributed by atoms with Crippen LogP contribution in [-0.4, -0.2) is 25.9 Å². The minimum Gasteiger partial charge on any atom is -0.471 e. The summed E-state index contributed by atoms with van der Waals surface area (Å²) in [5.74, 6) is 0.368. The molecule has 0 radical (unpaired) electrons. The molecule has 2 heterocycles. The molecule has 0 spiro atoms. The van der Waals surface area contributed by atoms with Gasteiger partial charge in [0.25, 0.3) is 5.91 Å². The summed E-state index contributed by atoms with van der Waals surface area (Å²) in [5.41, 5.74) is 0.976. The maximum atomic E-state index is 12.1. The van der Waals surface area contributed by atoms with Crippen LogP contribution in [0.3, 0.4) is 0 Å². The van der Waals surface area contributed by atoms with Crippen molar-refractivity contribution >= 4 is 45.8 Å². The number of ether oxygens (including phenoxy) is 1. The fraction of sp³-hybridized carbons (Fsp3) is 0.0714. The van der Waals surface area contributed by atoms with Crippen molar-refractivity contribution < 1.29 is 9.53 Å². The zero-order valence-electron chi connectivity index (χ0n) is 11.7. The number of hydrogen-bond acceptors (Lipinski definition) is 4. The van der Waals surface area contributed by atoms with Crippen LogP contribution in [0.15, 0.2) is 42.9 Å². The van der Waals surface area contributed by atoms with Crippen LogP contribution in [0.2, 0.25) is 5.02 Å². The molecule has 3 rings (SSSR count). The predicted octanol–water partition coefficient (Wildman–Crippen LogP) is 3.15. The van der Waals surface area contributed by atoms with E-state index in [0.29, 0.717) is 22.2 Å². The zero-order chi connectivity index (χ0) is 16.2. The number of anilines is 1. The second kappa shape index (κ2) is 7.01. The monoisotopic (exact) mass is 443 g/mol. The van der Waals surface area contributed by atoms with Crippen molar-refractivity contribution in [1.82, 2.24) is 20.0 Å². The molecule has 0 bridgehead atoms. The van der Waals surface area contributed by atoms with Crippen LogP contribution >= 0.6 is 34.2 Å². The summed E-state index contributed by atoms with van der Waals surface area (Å²) in [4.78, 5) is 12.1. The van der Waals surface area contributed by atoms with Gasteiger partial charge in [-0.15, -0.1) is 0 Å². The third-order valence-corrected chi connectivity index (χ3v) is 3.92. The van der Waals surface area contributed by atoms with E-state index in [1.807, 2.05) is 22.6 Å². The Morgan fingerprint density at radius 1 is 1.43 bits per heavy atom. The van der Waals surface area contributed by atoms with Crippen LogP contribution in [0.1, 0.15) is 10.5 Å². The number of benzene rings is 1. The summed E-state index contributed by atoms with van der Waals surface area (Å²) in [7, 11) is 0. The van der Waals surface area contributed by atoms with E-state index >= 15 is 0 Å². The summed E-state index contributed by atoms with van der Waals surface area (Å²) in [6, 6.07) is 7.09. The lowest BCUT2D eigenvalue weighted by molar-refractivity contribution is 0.102.